The van der Waals surface area contributed by atoms with Crippen molar-refractivity contribution in [1.29, 1.82) is 0 Å². The topological polar surface area (TPSA) is 79.8 Å². The average molecular weight is 383 g/mol. The lowest BCUT2D eigenvalue weighted by Gasteiger charge is -2.28. The van der Waals surface area contributed by atoms with Crippen molar-refractivity contribution in [2.24, 2.45) is 0 Å². The minimum absolute atomic E-state index is 0.248. The van der Waals surface area contributed by atoms with Gasteiger partial charge in [-0.1, -0.05) is 12.1 Å². The number of morpholine rings is 1. The Bertz CT molecular complexity index is 830. The monoisotopic (exact) mass is 383 g/mol. The zero-order chi connectivity index (χ0) is 19.9. The smallest absolute Gasteiger partial charge is 0.248 e. The highest BCUT2D eigenvalue weighted by molar-refractivity contribution is 6.03. The molecule has 0 unspecified atom stereocenters. The molecule has 1 aliphatic rings. The summed E-state index contributed by atoms with van der Waals surface area (Å²) < 4.78 is 10.5. The van der Waals surface area contributed by atoms with E-state index < -0.39 is 0 Å². The largest absolute Gasteiger partial charge is 0.497 e. The molecule has 0 radical (unpaired) electrons. The lowest BCUT2D eigenvalue weighted by atomic mass is 10.2. The highest BCUT2D eigenvalue weighted by Gasteiger charge is 2.17. The fourth-order valence-corrected chi connectivity index (χ4v) is 2.77. The zero-order valence-electron chi connectivity index (χ0n) is 16.4. The number of carbonyl (C=O) groups excluding carboxylic acids is 1. The summed E-state index contributed by atoms with van der Waals surface area (Å²) in [5.41, 5.74) is 1.47. The van der Waals surface area contributed by atoms with E-state index in [1.54, 1.807) is 19.4 Å². The van der Waals surface area contributed by atoms with Crippen LogP contribution in [0.5, 0.6) is 5.75 Å². The summed E-state index contributed by atoms with van der Waals surface area (Å²) in [6.45, 7) is 2.83. The van der Waals surface area contributed by atoms with Crippen LogP contribution in [0.4, 0.5) is 17.5 Å². The van der Waals surface area contributed by atoms with Crippen LogP contribution in [0.3, 0.4) is 0 Å². The Hall–Kier alpha value is -3.13. The van der Waals surface area contributed by atoms with Gasteiger partial charge in [0.15, 0.2) is 5.82 Å². The summed E-state index contributed by atoms with van der Waals surface area (Å²) in [7, 11) is 5.38. The molecule has 0 bridgehead atoms. The van der Waals surface area contributed by atoms with Gasteiger partial charge in [0, 0.05) is 33.3 Å². The van der Waals surface area contributed by atoms with Crippen LogP contribution in [0, 0.1) is 0 Å². The molecule has 28 heavy (non-hydrogen) atoms. The number of anilines is 3. The predicted molar refractivity (Wildman–Crippen MR) is 110 cm³/mol. The van der Waals surface area contributed by atoms with Gasteiger partial charge in [0.2, 0.25) is 11.9 Å². The van der Waals surface area contributed by atoms with Crippen molar-refractivity contribution < 1.29 is 14.3 Å². The SMILES string of the molecule is COc1ccc(/C=C/C(=O)Nc2cnc(N3CCOCC3)nc2N(C)C)cc1. The van der Waals surface area contributed by atoms with Crippen LogP contribution in [0.2, 0.25) is 0 Å². The van der Waals surface area contributed by atoms with Crippen LogP contribution in [0.25, 0.3) is 6.08 Å². The molecule has 3 rings (SSSR count). The van der Waals surface area contributed by atoms with Crippen LogP contribution in [-0.4, -0.2) is 63.4 Å². The number of amides is 1. The molecule has 1 saturated heterocycles. The van der Waals surface area contributed by atoms with Gasteiger partial charge in [0.25, 0.3) is 0 Å². The minimum Gasteiger partial charge on any atom is -0.497 e. The maximum Gasteiger partial charge on any atom is 0.248 e. The van der Waals surface area contributed by atoms with Crippen molar-refractivity contribution in [3.63, 3.8) is 0 Å². The number of rotatable bonds is 6. The third-order valence-corrected chi connectivity index (χ3v) is 4.27. The molecule has 2 heterocycles. The summed E-state index contributed by atoms with van der Waals surface area (Å²) in [5, 5.41) is 2.85. The second kappa shape index (κ2) is 9.18. The van der Waals surface area contributed by atoms with Gasteiger partial charge in [-0.05, 0) is 23.8 Å². The Balaban J connectivity index is 1.71. The Morgan fingerprint density at radius 2 is 1.96 bits per heavy atom. The molecule has 8 heteroatoms. The Labute approximate surface area is 164 Å². The Kier molecular flexibility index (Phi) is 6.44. The first-order valence-corrected chi connectivity index (χ1v) is 9.07. The lowest BCUT2D eigenvalue weighted by Crippen LogP contribution is -2.37. The molecule has 0 aliphatic carbocycles. The fraction of sp³-hybridized carbons (Fsp3) is 0.350. The Morgan fingerprint density at radius 1 is 1.25 bits per heavy atom. The Morgan fingerprint density at radius 3 is 2.61 bits per heavy atom. The van der Waals surface area contributed by atoms with Crippen LogP contribution < -0.4 is 19.9 Å². The number of nitrogens with zero attached hydrogens (tertiary/aromatic N) is 4. The summed E-state index contributed by atoms with van der Waals surface area (Å²) in [6.07, 6.45) is 4.87. The number of hydrogen-bond acceptors (Lipinski definition) is 7. The van der Waals surface area contributed by atoms with E-state index in [0.29, 0.717) is 30.7 Å². The van der Waals surface area contributed by atoms with Crippen molar-refractivity contribution in [2.75, 3.05) is 62.6 Å². The molecular formula is C20H25N5O3. The first-order chi connectivity index (χ1) is 13.6. The van der Waals surface area contributed by atoms with E-state index in [-0.39, 0.29) is 5.91 Å². The van der Waals surface area contributed by atoms with E-state index in [9.17, 15) is 4.79 Å². The standard InChI is InChI=1S/C20H25N5O3/c1-24(2)19-17(14-21-20(23-19)25-10-12-28-13-11-25)22-18(26)9-6-15-4-7-16(27-3)8-5-15/h4-9,14H,10-13H2,1-3H3,(H,22,26)/b9-6+. The van der Waals surface area contributed by atoms with E-state index in [0.717, 1.165) is 24.4 Å². The van der Waals surface area contributed by atoms with E-state index in [4.69, 9.17) is 9.47 Å². The van der Waals surface area contributed by atoms with Gasteiger partial charge in [-0.25, -0.2) is 4.98 Å². The maximum absolute atomic E-state index is 12.3. The molecule has 8 nitrogen and oxygen atoms in total. The summed E-state index contributed by atoms with van der Waals surface area (Å²) in [6, 6.07) is 7.46. The van der Waals surface area contributed by atoms with Gasteiger partial charge in [0.05, 0.1) is 26.5 Å². The molecule has 1 aromatic heterocycles. The second-order valence-electron chi connectivity index (χ2n) is 6.50. The van der Waals surface area contributed by atoms with Gasteiger partial charge in [-0.2, -0.15) is 4.98 Å². The molecule has 1 aliphatic heterocycles. The molecule has 0 atom stereocenters. The molecule has 1 amide bonds. The van der Waals surface area contributed by atoms with Crippen molar-refractivity contribution in [3.05, 3.63) is 42.1 Å². The van der Waals surface area contributed by atoms with Gasteiger partial charge >= 0.3 is 0 Å². The first-order valence-electron chi connectivity index (χ1n) is 9.07. The molecule has 1 aromatic carbocycles. The molecule has 0 saturated carbocycles. The fourth-order valence-electron chi connectivity index (χ4n) is 2.77. The maximum atomic E-state index is 12.3. The molecule has 1 fully saturated rings. The molecular weight excluding hydrogens is 358 g/mol. The zero-order valence-corrected chi connectivity index (χ0v) is 16.4. The number of hydrogen-bond donors (Lipinski definition) is 1. The van der Waals surface area contributed by atoms with Gasteiger partial charge in [-0.15, -0.1) is 0 Å². The molecule has 1 N–H and O–H groups in total. The number of methoxy groups -OCH3 is 1. The highest BCUT2D eigenvalue weighted by atomic mass is 16.5. The van der Waals surface area contributed by atoms with Crippen LogP contribution >= 0.6 is 0 Å². The molecule has 148 valence electrons. The van der Waals surface area contributed by atoms with Crippen molar-refractivity contribution in [2.45, 2.75) is 0 Å². The van der Waals surface area contributed by atoms with E-state index in [1.807, 2.05) is 43.3 Å². The first kappa shape index (κ1) is 19.6. The summed E-state index contributed by atoms with van der Waals surface area (Å²) in [5.74, 6) is 1.82. The third-order valence-electron chi connectivity index (χ3n) is 4.27. The number of benzene rings is 1. The normalized spacial score (nSPS) is 14.2. The van der Waals surface area contributed by atoms with Gasteiger partial charge in [-0.3, -0.25) is 4.79 Å². The number of carbonyl (C=O) groups is 1. The van der Waals surface area contributed by atoms with E-state index >= 15 is 0 Å². The molecule has 2 aromatic rings. The van der Waals surface area contributed by atoms with Gasteiger partial charge in [0.1, 0.15) is 11.4 Å². The van der Waals surface area contributed by atoms with Crippen molar-refractivity contribution in [1.82, 2.24) is 9.97 Å². The predicted octanol–water partition coefficient (Wildman–Crippen LogP) is 2.04. The average Bonchev–Trinajstić information content (AvgIpc) is 2.73. The molecule has 0 spiro atoms. The van der Waals surface area contributed by atoms with Gasteiger partial charge < -0.3 is 24.6 Å². The number of nitrogens with one attached hydrogen (secondary N) is 1. The summed E-state index contributed by atoms with van der Waals surface area (Å²) >= 11 is 0. The van der Waals surface area contributed by atoms with Crippen LogP contribution in [0.15, 0.2) is 36.5 Å². The van der Waals surface area contributed by atoms with Crippen LogP contribution in [0.1, 0.15) is 5.56 Å². The number of aromatic nitrogens is 2. The third kappa shape index (κ3) is 4.98. The van der Waals surface area contributed by atoms with Crippen molar-refractivity contribution in [3.8, 4) is 5.75 Å². The lowest BCUT2D eigenvalue weighted by molar-refractivity contribution is -0.111. The van der Waals surface area contributed by atoms with E-state index in [1.165, 1.54) is 6.08 Å². The minimum atomic E-state index is -0.248. The quantitative estimate of drug-likeness (QED) is 0.765. The van der Waals surface area contributed by atoms with Crippen molar-refractivity contribution >= 4 is 29.4 Å². The number of ether oxygens (including phenoxy) is 2. The summed E-state index contributed by atoms with van der Waals surface area (Å²) in [4.78, 5) is 25.3. The second-order valence-corrected chi connectivity index (χ2v) is 6.50. The highest BCUT2D eigenvalue weighted by Crippen LogP contribution is 2.24. The van der Waals surface area contributed by atoms with E-state index in [2.05, 4.69) is 20.2 Å². The van der Waals surface area contributed by atoms with Crippen LogP contribution in [-0.2, 0) is 9.53 Å².